The van der Waals surface area contributed by atoms with Crippen molar-refractivity contribution in [1.82, 2.24) is 4.98 Å². The lowest BCUT2D eigenvalue weighted by Gasteiger charge is -2.20. The monoisotopic (exact) mass is 372 g/mol. The molecule has 1 aliphatic rings. The molecule has 3 rings (SSSR count). The third-order valence-electron chi connectivity index (χ3n) is 4.17. The number of amides is 1. The molecule has 1 saturated heterocycles. The maximum Gasteiger partial charge on any atom is 0.419 e. The molecule has 1 atom stereocenters. The summed E-state index contributed by atoms with van der Waals surface area (Å²) in [6, 6.07) is 3.84. The smallest absolute Gasteiger partial charge is 0.419 e. The van der Waals surface area contributed by atoms with E-state index in [-0.39, 0.29) is 24.3 Å². The summed E-state index contributed by atoms with van der Waals surface area (Å²) in [7, 11) is 1.24. The molecule has 0 bridgehead atoms. The molecule has 2 aromatic rings. The zero-order valence-corrected chi connectivity index (χ0v) is 13.5. The Hall–Kier alpha value is -2.71. The van der Waals surface area contributed by atoms with Gasteiger partial charge in [-0.15, -0.1) is 0 Å². The average molecular weight is 372 g/mol. The van der Waals surface area contributed by atoms with Gasteiger partial charge in [0.2, 0.25) is 5.91 Å². The molecule has 0 saturated carbocycles. The first-order valence-electron chi connectivity index (χ1n) is 7.58. The number of halogens is 5. The van der Waals surface area contributed by atoms with E-state index < -0.39 is 41.0 Å². The molecule has 138 valence electrons. The Morgan fingerprint density at radius 1 is 1.23 bits per heavy atom. The summed E-state index contributed by atoms with van der Waals surface area (Å²) in [4.78, 5) is 16.7. The molecule has 2 heterocycles. The molecule has 1 aromatic carbocycles. The van der Waals surface area contributed by atoms with Gasteiger partial charge in [-0.2, -0.15) is 13.2 Å². The van der Waals surface area contributed by atoms with Gasteiger partial charge in [-0.25, -0.2) is 13.8 Å². The van der Waals surface area contributed by atoms with E-state index in [0.717, 1.165) is 35.4 Å². The highest BCUT2D eigenvalue weighted by molar-refractivity contribution is 5.96. The fourth-order valence-electron chi connectivity index (χ4n) is 3.01. The van der Waals surface area contributed by atoms with E-state index in [1.165, 1.54) is 7.11 Å². The lowest BCUT2D eigenvalue weighted by Crippen LogP contribution is -2.28. The van der Waals surface area contributed by atoms with Gasteiger partial charge in [0.05, 0.1) is 12.7 Å². The molecule has 1 amide bonds. The minimum atomic E-state index is -4.71. The quantitative estimate of drug-likeness (QED) is 0.768. The van der Waals surface area contributed by atoms with Gasteiger partial charge in [0.15, 0.2) is 0 Å². The largest absolute Gasteiger partial charge is 0.497 e. The molecular weight excluding hydrogens is 359 g/mol. The van der Waals surface area contributed by atoms with Crippen LogP contribution in [0.2, 0.25) is 0 Å². The van der Waals surface area contributed by atoms with E-state index in [1.54, 1.807) is 0 Å². The molecule has 9 heteroatoms. The second-order valence-corrected chi connectivity index (χ2v) is 5.78. The van der Waals surface area contributed by atoms with Crippen LogP contribution in [0.5, 0.6) is 5.75 Å². The molecule has 1 aromatic heterocycles. The summed E-state index contributed by atoms with van der Waals surface area (Å²) in [5.41, 5.74) is -1.43. The molecule has 1 aliphatic heterocycles. The van der Waals surface area contributed by atoms with Crippen LogP contribution in [-0.2, 0) is 11.0 Å². The lowest BCUT2D eigenvalue weighted by atomic mass is 9.97. The zero-order valence-electron chi connectivity index (χ0n) is 13.5. The van der Waals surface area contributed by atoms with Crippen LogP contribution in [0.1, 0.15) is 23.5 Å². The Morgan fingerprint density at radius 2 is 1.88 bits per heavy atom. The number of hydrogen-bond acceptors (Lipinski definition) is 3. The Balaban J connectivity index is 1.97. The summed E-state index contributed by atoms with van der Waals surface area (Å²) in [5.74, 6) is -4.06. The first-order valence-corrected chi connectivity index (χ1v) is 7.58. The zero-order chi connectivity index (χ0) is 19.1. The van der Waals surface area contributed by atoms with Crippen molar-refractivity contribution >= 4 is 11.7 Å². The van der Waals surface area contributed by atoms with Crippen molar-refractivity contribution in [2.24, 2.45) is 0 Å². The van der Waals surface area contributed by atoms with E-state index >= 15 is 0 Å². The highest BCUT2D eigenvalue weighted by Crippen LogP contribution is 2.40. The van der Waals surface area contributed by atoms with Gasteiger partial charge in [0.25, 0.3) is 0 Å². The molecule has 0 spiro atoms. The van der Waals surface area contributed by atoms with Gasteiger partial charge in [0.1, 0.15) is 23.2 Å². The molecule has 0 radical (unpaired) electrons. The van der Waals surface area contributed by atoms with Crippen molar-refractivity contribution in [3.05, 3.63) is 53.2 Å². The number of nitrogens with zero attached hydrogens (tertiary/aromatic N) is 2. The second kappa shape index (κ2) is 6.54. The minimum Gasteiger partial charge on any atom is -0.497 e. The van der Waals surface area contributed by atoms with Crippen LogP contribution in [0.15, 0.2) is 30.5 Å². The molecular formula is C17H13F5N2O2. The molecule has 26 heavy (non-hydrogen) atoms. The fraction of sp³-hybridized carbons (Fsp3) is 0.294. The van der Waals surface area contributed by atoms with Gasteiger partial charge in [-0.1, -0.05) is 0 Å². The van der Waals surface area contributed by atoms with E-state index in [4.69, 9.17) is 4.74 Å². The van der Waals surface area contributed by atoms with Crippen LogP contribution >= 0.6 is 0 Å². The van der Waals surface area contributed by atoms with Gasteiger partial charge in [0, 0.05) is 42.8 Å². The number of methoxy groups -OCH3 is 1. The summed E-state index contributed by atoms with van der Waals surface area (Å²) in [6.07, 6.45) is -3.91. The molecule has 4 nitrogen and oxygen atoms in total. The highest BCUT2D eigenvalue weighted by Gasteiger charge is 2.41. The Morgan fingerprint density at radius 3 is 2.46 bits per heavy atom. The predicted octanol–water partition coefficient (Wildman–Crippen LogP) is 3.91. The van der Waals surface area contributed by atoms with Crippen LogP contribution in [-0.4, -0.2) is 24.5 Å². The van der Waals surface area contributed by atoms with Crippen LogP contribution in [0.4, 0.5) is 27.8 Å². The van der Waals surface area contributed by atoms with Crippen molar-refractivity contribution in [2.75, 3.05) is 18.6 Å². The minimum absolute atomic E-state index is 0.0333. The van der Waals surface area contributed by atoms with Crippen LogP contribution in [0, 0.1) is 11.6 Å². The van der Waals surface area contributed by atoms with Gasteiger partial charge >= 0.3 is 6.18 Å². The van der Waals surface area contributed by atoms with Crippen molar-refractivity contribution in [2.45, 2.75) is 18.5 Å². The SMILES string of the molecule is COc1cc(F)c([C@H]2CC(=O)N(c3ncccc3C(F)(F)F)C2)c(F)c1. The number of benzene rings is 1. The first kappa shape index (κ1) is 18.1. The number of aromatic nitrogens is 1. The fourth-order valence-corrected chi connectivity index (χ4v) is 3.01. The van der Waals surface area contributed by atoms with E-state index in [2.05, 4.69) is 4.98 Å². The van der Waals surface area contributed by atoms with Gasteiger partial charge < -0.3 is 4.74 Å². The van der Waals surface area contributed by atoms with Crippen molar-refractivity contribution < 1.29 is 31.5 Å². The number of ether oxygens (including phenoxy) is 1. The summed E-state index contributed by atoms with van der Waals surface area (Å²) in [5, 5.41) is 0. The number of alkyl halides is 3. The Labute approximate surface area is 145 Å². The van der Waals surface area contributed by atoms with Crippen LogP contribution < -0.4 is 9.64 Å². The average Bonchev–Trinajstić information content (AvgIpc) is 2.94. The predicted molar refractivity (Wildman–Crippen MR) is 81.9 cm³/mol. The third kappa shape index (κ3) is 3.21. The third-order valence-corrected chi connectivity index (χ3v) is 4.17. The number of pyridine rings is 1. The first-order chi connectivity index (χ1) is 12.2. The molecule has 0 unspecified atom stereocenters. The molecule has 0 aliphatic carbocycles. The number of carbonyl (C=O) groups excluding carboxylic acids is 1. The van der Waals surface area contributed by atoms with E-state index in [9.17, 15) is 26.7 Å². The number of rotatable bonds is 3. The summed E-state index contributed by atoms with van der Waals surface area (Å²) >= 11 is 0. The number of carbonyl (C=O) groups is 1. The maximum absolute atomic E-state index is 14.2. The van der Waals surface area contributed by atoms with Crippen LogP contribution in [0.3, 0.4) is 0 Å². The Kier molecular flexibility index (Phi) is 4.55. The topological polar surface area (TPSA) is 42.4 Å². The summed E-state index contributed by atoms with van der Waals surface area (Å²) in [6.45, 7) is -0.306. The second-order valence-electron chi connectivity index (χ2n) is 5.78. The van der Waals surface area contributed by atoms with Gasteiger partial charge in [-0.3, -0.25) is 9.69 Å². The molecule has 0 N–H and O–H groups in total. The normalized spacial score (nSPS) is 17.7. The van der Waals surface area contributed by atoms with Crippen molar-refractivity contribution in [3.63, 3.8) is 0 Å². The highest BCUT2D eigenvalue weighted by atomic mass is 19.4. The number of hydrogen-bond donors (Lipinski definition) is 0. The lowest BCUT2D eigenvalue weighted by molar-refractivity contribution is -0.137. The van der Waals surface area contributed by atoms with Gasteiger partial charge in [-0.05, 0) is 12.1 Å². The summed E-state index contributed by atoms with van der Waals surface area (Å²) < 4.78 is 72.7. The van der Waals surface area contributed by atoms with Crippen LogP contribution in [0.25, 0.3) is 0 Å². The number of anilines is 1. The van der Waals surface area contributed by atoms with E-state index in [0.29, 0.717) is 0 Å². The molecule has 1 fully saturated rings. The maximum atomic E-state index is 14.2. The standard InChI is InChI=1S/C17H13F5N2O2/c1-26-10-6-12(18)15(13(19)7-10)9-5-14(25)24(8-9)16-11(17(20,21)22)3-2-4-23-16/h2-4,6-7,9H,5,8H2,1H3/t9-/m0/s1. The Bertz CT molecular complexity index is 830. The van der Waals surface area contributed by atoms with Crippen molar-refractivity contribution in [3.8, 4) is 5.75 Å². The van der Waals surface area contributed by atoms with Crippen molar-refractivity contribution in [1.29, 1.82) is 0 Å². The van der Waals surface area contributed by atoms with E-state index in [1.807, 2.05) is 0 Å².